The van der Waals surface area contributed by atoms with E-state index in [0.717, 1.165) is 51.5 Å². The summed E-state index contributed by atoms with van der Waals surface area (Å²) in [6.45, 7) is 5.38. The van der Waals surface area contributed by atoms with Crippen molar-refractivity contribution in [3.8, 4) is 33.1 Å². The molecule has 0 bridgehead atoms. The van der Waals surface area contributed by atoms with Crippen molar-refractivity contribution in [2.45, 2.75) is 17.5 Å². The summed E-state index contributed by atoms with van der Waals surface area (Å²) in [5.74, 6) is 0.446. The zero-order chi connectivity index (χ0) is 29.2. The van der Waals surface area contributed by atoms with Gasteiger partial charge >= 0.3 is 6.18 Å². The van der Waals surface area contributed by atoms with E-state index in [-0.39, 0.29) is 10.6 Å². The van der Waals surface area contributed by atoms with E-state index in [2.05, 4.69) is 21.9 Å². The lowest BCUT2D eigenvalue weighted by atomic mass is 10.1. The third-order valence-electron chi connectivity index (χ3n) is 7.01. The van der Waals surface area contributed by atoms with Crippen LogP contribution in [0.2, 0.25) is 0 Å². The molecule has 0 atom stereocenters. The molecule has 2 aromatic heterocycles. The van der Waals surface area contributed by atoms with Crippen LogP contribution in [0, 0.1) is 0 Å². The Bertz CT molecular complexity index is 1610. The highest BCUT2D eigenvalue weighted by Crippen LogP contribution is 2.39. The Morgan fingerprint density at radius 1 is 0.976 bits per heavy atom. The first-order chi connectivity index (χ1) is 19.5. The SMILES string of the molecule is CN1CCN(CCCOc2ccccc2-n2nc(C(F)(F)F)cc2-c2cc(-c3cccc(S(C)(=O)=O)c3)cs2)CC1. The number of piperazine rings is 1. The first kappa shape index (κ1) is 29.3. The van der Waals surface area contributed by atoms with Crippen molar-refractivity contribution < 1.29 is 26.3 Å². The number of thiophene rings is 1. The van der Waals surface area contributed by atoms with Gasteiger partial charge in [-0.1, -0.05) is 24.3 Å². The summed E-state index contributed by atoms with van der Waals surface area (Å²) in [6, 6.07) is 16.2. The van der Waals surface area contributed by atoms with Crippen molar-refractivity contribution >= 4 is 21.2 Å². The summed E-state index contributed by atoms with van der Waals surface area (Å²) >= 11 is 1.26. The molecule has 2 aromatic carbocycles. The normalized spacial score (nSPS) is 15.3. The summed E-state index contributed by atoms with van der Waals surface area (Å²) in [7, 11) is -1.30. The Labute approximate surface area is 241 Å². The van der Waals surface area contributed by atoms with E-state index in [0.29, 0.717) is 34.0 Å². The lowest BCUT2D eigenvalue weighted by molar-refractivity contribution is -0.141. The molecule has 0 radical (unpaired) electrons. The number of para-hydroxylation sites is 2. The predicted octanol–water partition coefficient (Wildman–Crippen LogP) is 5.71. The van der Waals surface area contributed by atoms with Crippen molar-refractivity contribution in [3.05, 3.63) is 71.7 Å². The number of alkyl halides is 3. The molecule has 4 aromatic rings. The maximum Gasteiger partial charge on any atom is 0.435 e. The average molecular weight is 605 g/mol. The van der Waals surface area contributed by atoms with Gasteiger partial charge in [-0.25, -0.2) is 13.1 Å². The van der Waals surface area contributed by atoms with Gasteiger partial charge in [0.05, 0.1) is 22.1 Å². The number of hydrogen-bond acceptors (Lipinski definition) is 7. The van der Waals surface area contributed by atoms with Crippen LogP contribution in [0.25, 0.3) is 27.4 Å². The van der Waals surface area contributed by atoms with Crippen LogP contribution in [-0.4, -0.2) is 80.6 Å². The Kier molecular flexibility index (Phi) is 8.55. The summed E-state index contributed by atoms with van der Waals surface area (Å²) in [6.07, 6.45) is -2.71. The Morgan fingerprint density at radius 3 is 2.46 bits per heavy atom. The number of nitrogens with zero attached hydrogens (tertiary/aromatic N) is 4. The van der Waals surface area contributed by atoms with E-state index in [1.54, 1.807) is 53.9 Å². The number of aromatic nitrogens is 2. The van der Waals surface area contributed by atoms with Gasteiger partial charge in [0.15, 0.2) is 15.5 Å². The zero-order valence-corrected chi connectivity index (χ0v) is 24.4. The fourth-order valence-electron chi connectivity index (χ4n) is 4.70. The van der Waals surface area contributed by atoms with Gasteiger partial charge in [-0.15, -0.1) is 11.3 Å². The molecule has 0 unspecified atom stereocenters. The van der Waals surface area contributed by atoms with E-state index in [9.17, 15) is 21.6 Å². The Balaban J connectivity index is 1.42. The minimum Gasteiger partial charge on any atom is -0.491 e. The molecular formula is C29H31F3N4O3S2. The third-order valence-corrected chi connectivity index (χ3v) is 9.08. The maximum atomic E-state index is 13.8. The Morgan fingerprint density at radius 2 is 1.73 bits per heavy atom. The number of sulfone groups is 1. The van der Waals surface area contributed by atoms with Crippen molar-refractivity contribution in [3.63, 3.8) is 0 Å². The predicted molar refractivity (Wildman–Crippen MR) is 154 cm³/mol. The van der Waals surface area contributed by atoms with Gasteiger partial charge in [-0.2, -0.15) is 18.3 Å². The lowest BCUT2D eigenvalue weighted by Crippen LogP contribution is -2.44. The molecule has 0 aliphatic carbocycles. The maximum absolute atomic E-state index is 13.8. The number of halogens is 3. The molecular weight excluding hydrogens is 573 g/mol. The van der Waals surface area contributed by atoms with Gasteiger partial charge in [0.25, 0.3) is 0 Å². The van der Waals surface area contributed by atoms with Crippen LogP contribution in [0.3, 0.4) is 0 Å². The van der Waals surface area contributed by atoms with Crippen LogP contribution in [0.1, 0.15) is 12.1 Å². The number of hydrogen-bond donors (Lipinski definition) is 0. The first-order valence-electron chi connectivity index (χ1n) is 13.2. The van der Waals surface area contributed by atoms with Gasteiger partial charge in [-0.05, 0) is 66.4 Å². The lowest BCUT2D eigenvalue weighted by Gasteiger charge is -2.32. The van der Waals surface area contributed by atoms with Crippen molar-refractivity contribution in [1.29, 1.82) is 0 Å². The molecule has 1 aliphatic rings. The second-order valence-corrected chi connectivity index (χ2v) is 13.1. The molecule has 218 valence electrons. The van der Waals surface area contributed by atoms with Crippen LogP contribution < -0.4 is 4.74 Å². The van der Waals surface area contributed by atoms with Crippen LogP contribution in [0.15, 0.2) is 70.9 Å². The van der Waals surface area contributed by atoms with E-state index in [1.165, 1.54) is 22.1 Å². The van der Waals surface area contributed by atoms with Gasteiger partial charge in [0, 0.05) is 39.0 Å². The van der Waals surface area contributed by atoms with Crippen molar-refractivity contribution in [1.82, 2.24) is 19.6 Å². The molecule has 0 amide bonds. The largest absolute Gasteiger partial charge is 0.491 e. The number of rotatable bonds is 9. The van der Waals surface area contributed by atoms with Crippen molar-refractivity contribution in [2.75, 3.05) is 52.6 Å². The Hall–Kier alpha value is -3.19. The molecule has 0 saturated carbocycles. The van der Waals surface area contributed by atoms with Crippen LogP contribution >= 0.6 is 11.3 Å². The van der Waals surface area contributed by atoms with Gasteiger partial charge in [0.1, 0.15) is 11.4 Å². The number of benzene rings is 2. The summed E-state index contributed by atoms with van der Waals surface area (Å²) in [4.78, 5) is 5.41. The monoisotopic (exact) mass is 604 g/mol. The number of ether oxygens (including phenoxy) is 1. The van der Waals surface area contributed by atoms with Crippen LogP contribution in [-0.2, 0) is 16.0 Å². The second-order valence-electron chi connectivity index (χ2n) is 10.1. The van der Waals surface area contributed by atoms with E-state index >= 15 is 0 Å². The van der Waals surface area contributed by atoms with Crippen LogP contribution in [0.4, 0.5) is 13.2 Å². The topological polar surface area (TPSA) is 67.7 Å². The van der Waals surface area contributed by atoms with E-state index in [1.807, 2.05) is 0 Å². The molecule has 0 N–H and O–H groups in total. The highest BCUT2D eigenvalue weighted by atomic mass is 32.2. The molecule has 7 nitrogen and oxygen atoms in total. The average Bonchev–Trinajstić information content (AvgIpc) is 3.60. The van der Waals surface area contributed by atoms with Crippen molar-refractivity contribution in [2.24, 2.45) is 0 Å². The molecule has 0 spiro atoms. The third kappa shape index (κ3) is 7.00. The first-order valence-corrected chi connectivity index (χ1v) is 16.0. The molecule has 1 saturated heterocycles. The molecule has 1 fully saturated rings. The summed E-state index contributed by atoms with van der Waals surface area (Å²) in [5, 5.41) is 5.75. The quantitative estimate of drug-likeness (QED) is 0.228. The molecule has 12 heteroatoms. The highest BCUT2D eigenvalue weighted by Gasteiger charge is 2.36. The zero-order valence-electron chi connectivity index (χ0n) is 22.8. The molecule has 3 heterocycles. The number of likely N-dealkylation sites (N-methyl/N-ethyl adjacent to an activating group) is 1. The van der Waals surface area contributed by atoms with E-state index < -0.39 is 21.7 Å². The van der Waals surface area contributed by atoms with E-state index in [4.69, 9.17) is 4.74 Å². The summed E-state index contributed by atoms with van der Waals surface area (Å²) < 4.78 is 72.9. The highest BCUT2D eigenvalue weighted by molar-refractivity contribution is 7.90. The second kappa shape index (κ2) is 12.0. The fraction of sp³-hybridized carbons (Fsp3) is 0.345. The fourth-order valence-corrected chi connectivity index (χ4v) is 6.29. The smallest absolute Gasteiger partial charge is 0.435 e. The standard InChI is InChI=1S/C29H31F3N4O3S2/c1-34-12-14-35(15-13-34)11-6-16-39-26-10-4-3-9-24(26)36-25(19-28(33-36)29(30,31)32)27-18-22(20-40-27)21-7-5-8-23(17-21)41(2,37)38/h3-5,7-10,17-20H,6,11-16H2,1-2H3. The minimum atomic E-state index is -4.64. The van der Waals surface area contributed by atoms with Gasteiger partial charge in [-0.3, -0.25) is 0 Å². The van der Waals surface area contributed by atoms with Crippen LogP contribution in [0.5, 0.6) is 5.75 Å². The minimum absolute atomic E-state index is 0.172. The molecule has 1 aliphatic heterocycles. The summed E-state index contributed by atoms with van der Waals surface area (Å²) in [5.41, 5.74) is 1.02. The van der Waals surface area contributed by atoms with Gasteiger partial charge in [0.2, 0.25) is 0 Å². The van der Waals surface area contributed by atoms with Gasteiger partial charge < -0.3 is 14.5 Å². The molecule has 5 rings (SSSR count). The molecule has 41 heavy (non-hydrogen) atoms.